The van der Waals surface area contributed by atoms with Gasteiger partial charge in [-0.1, -0.05) is 18.2 Å². The zero-order chi connectivity index (χ0) is 19.1. The molecule has 0 spiro atoms. The van der Waals surface area contributed by atoms with Crippen LogP contribution in [-0.2, 0) is 22.4 Å². The van der Waals surface area contributed by atoms with Gasteiger partial charge in [0.25, 0.3) is 0 Å². The van der Waals surface area contributed by atoms with Crippen LogP contribution in [0.5, 0.6) is 0 Å². The van der Waals surface area contributed by atoms with Gasteiger partial charge in [-0.3, -0.25) is 9.59 Å². The van der Waals surface area contributed by atoms with Crippen molar-refractivity contribution in [2.24, 2.45) is 0 Å². The van der Waals surface area contributed by atoms with Crippen molar-refractivity contribution in [3.63, 3.8) is 0 Å². The highest BCUT2D eigenvalue weighted by Gasteiger charge is 2.20. The summed E-state index contributed by atoms with van der Waals surface area (Å²) < 4.78 is 1.80. The first-order chi connectivity index (χ1) is 13.1. The number of para-hydroxylation sites is 1. The summed E-state index contributed by atoms with van der Waals surface area (Å²) in [5.41, 5.74) is 2.79. The molecule has 2 amide bonds. The van der Waals surface area contributed by atoms with Crippen LogP contribution >= 0.6 is 0 Å². The molecule has 0 unspecified atom stereocenters. The van der Waals surface area contributed by atoms with E-state index in [-0.39, 0.29) is 11.8 Å². The van der Waals surface area contributed by atoms with Gasteiger partial charge < -0.3 is 15.6 Å². The van der Waals surface area contributed by atoms with E-state index < -0.39 is 6.04 Å². The molecule has 0 bridgehead atoms. The average molecular weight is 366 g/mol. The van der Waals surface area contributed by atoms with E-state index in [2.05, 4.69) is 25.7 Å². The summed E-state index contributed by atoms with van der Waals surface area (Å²) in [6.45, 7) is 1.85. The van der Waals surface area contributed by atoms with E-state index in [1.807, 2.05) is 36.5 Å². The van der Waals surface area contributed by atoms with Crippen molar-refractivity contribution < 1.29 is 9.59 Å². The molecule has 3 aromatic rings. The lowest BCUT2D eigenvalue weighted by molar-refractivity contribution is -0.128. The lowest BCUT2D eigenvalue weighted by Gasteiger charge is -2.16. The predicted octanol–water partition coefficient (Wildman–Crippen LogP) is 1.00. The largest absolute Gasteiger partial charge is 0.354 e. The summed E-state index contributed by atoms with van der Waals surface area (Å²) in [6, 6.07) is 9.18. The summed E-state index contributed by atoms with van der Waals surface area (Å²) in [5.74, 6) is -0.478. The maximum absolute atomic E-state index is 12.4. The summed E-state index contributed by atoms with van der Waals surface area (Å²) >= 11 is 0. The van der Waals surface area contributed by atoms with Crippen LogP contribution in [0, 0.1) is 0 Å². The Bertz CT molecular complexity index is 873. The Morgan fingerprint density at radius 2 is 2.04 bits per heavy atom. The lowest BCUT2D eigenvalue weighted by atomic mass is 10.1. The number of imidazole rings is 1. The molecule has 0 saturated carbocycles. The summed E-state index contributed by atoms with van der Waals surface area (Å²) in [4.78, 5) is 30.7. The normalized spacial score (nSPS) is 11.7. The predicted molar refractivity (Wildman–Crippen MR) is 100 cm³/mol. The molecule has 0 aliphatic carbocycles. The molecule has 2 aromatic heterocycles. The SMILES string of the molecule is CC(=O)N[C@@H](Cc1cnc[nH]1)C(=O)NCCc1cnn(-c2ccccc2)c1. The number of rotatable bonds is 8. The van der Waals surface area contributed by atoms with Gasteiger partial charge in [-0.05, 0) is 24.1 Å². The fourth-order valence-corrected chi connectivity index (χ4v) is 2.74. The molecule has 2 heterocycles. The number of carbonyl (C=O) groups is 2. The Labute approximate surface area is 157 Å². The molecule has 0 aliphatic rings. The van der Waals surface area contributed by atoms with Crippen molar-refractivity contribution in [3.8, 4) is 5.69 Å². The number of H-pyrrole nitrogens is 1. The summed E-state index contributed by atoms with van der Waals surface area (Å²) in [5, 5.41) is 9.89. The number of benzene rings is 1. The quantitative estimate of drug-likeness (QED) is 0.553. The molecule has 1 aromatic carbocycles. The third-order valence-corrected chi connectivity index (χ3v) is 4.04. The van der Waals surface area contributed by atoms with Gasteiger partial charge in [0.2, 0.25) is 11.8 Å². The number of aromatic nitrogens is 4. The van der Waals surface area contributed by atoms with Crippen molar-refractivity contribution in [2.45, 2.75) is 25.8 Å². The van der Waals surface area contributed by atoms with Gasteiger partial charge in [0.15, 0.2) is 0 Å². The van der Waals surface area contributed by atoms with E-state index in [1.165, 1.54) is 6.92 Å². The number of amides is 2. The number of nitrogens with one attached hydrogen (secondary N) is 3. The Morgan fingerprint density at radius 1 is 1.22 bits per heavy atom. The third kappa shape index (κ3) is 5.27. The smallest absolute Gasteiger partial charge is 0.242 e. The molecule has 0 radical (unpaired) electrons. The second-order valence-electron chi connectivity index (χ2n) is 6.20. The Balaban J connectivity index is 1.53. The van der Waals surface area contributed by atoms with Gasteiger partial charge >= 0.3 is 0 Å². The first-order valence-electron chi connectivity index (χ1n) is 8.73. The van der Waals surface area contributed by atoms with Crippen molar-refractivity contribution in [1.29, 1.82) is 0 Å². The van der Waals surface area contributed by atoms with Crippen LogP contribution in [0.15, 0.2) is 55.2 Å². The molecular formula is C19H22N6O2. The van der Waals surface area contributed by atoms with Crippen LogP contribution in [0.4, 0.5) is 0 Å². The van der Waals surface area contributed by atoms with Crippen molar-refractivity contribution in [1.82, 2.24) is 30.4 Å². The molecule has 1 atom stereocenters. The second-order valence-corrected chi connectivity index (χ2v) is 6.20. The standard InChI is InChI=1S/C19H22N6O2/c1-14(26)24-18(9-16-11-20-13-22-16)19(27)21-8-7-15-10-23-25(12-15)17-5-3-2-4-6-17/h2-6,10-13,18H,7-9H2,1H3,(H,20,22)(H,21,27)(H,24,26)/t18-/m0/s1. The van der Waals surface area contributed by atoms with Crippen molar-refractivity contribution in [3.05, 3.63) is 66.5 Å². The van der Waals surface area contributed by atoms with Crippen LogP contribution in [-0.4, -0.2) is 44.1 Å². The first-order valence-corrected chi connectivity index (χ1v) is 8.73. The molecular weight excluding hydrogens is 344 g/mol. The zero-order valence-electron chi connectivity index (χ0n) is 15.1. The zero-order valence-corrected chi connectivity index (χ0v) is 15.1. The molecule has 27 heavy (non-hydrogen) atoms. The molecule has 0 fully saturated rings. The van der Waals surface area contributed by atoms with Gasteiger partial charge in [0, 0.05) is 38.0 Å². The minimum atomic E-state index is -0.644. The summed E-state index contributed by atoms with van der Waals surface area (Å²) in [7, 11) is 0. The van der Waals surface area contributed by atoms with Crippen LogP contribution in [0.25, 0.3) is 5.69 Å². The summed E-state index contributed by atoms with van der Waals surface area (Å²) in [6.07, 6.45) is 7.92. The maximum atomic E-state index is 12.4. The van der Waals surface area contributed by atoms with E-state index in [4.69, 9.17) is 0 Å². The monoisotopic (exact) mass is 366 g/mol. The maximum Gasteiger partial charge on any atom is 0.242 e. The number of nitrogens with zero attached hydrogens (tertiary/aromatic N) is 3. The topological polar surface area (TPSA) is 105 Å². The van der Waals surface area contributed by atoms with E-state index in [0.29, 0.717) is 19.4 Å². The Hall–Kier alpha value is -3.42. The fourth-order valence-electron chi connectivity index (χ4n) is 2.74. The second kappa shape index (κ2) is 8.79. The molecule has 3 N–H and O–H groups in total. The minimum absolute atomic E-state index is 0.227. The average Bonchev–Trinajstić information content (AvgIpc) is 3.33. The van der Waals surface area contributed by atoms with Crippen molar-refractivity contribution >= 4 is 11.8 Å². The third-order valence-electron chi connectivity index (χ3n) is 4.04. The highest BCUT2D eigenvalue weighted by Crippen LogP contribution is 2.08. The first kappa shape index (κ1) is 18.4. The number of carbonyl (C=O) groups excluding carboxylic acids is 2. The van der Waals surface area contributed by atoms with Gasteiger partial charge in [-0.25, -0.2) is 9.67 Å². The molecule has 3 rings (SSSR count). The van der Waals surface area contributed by atoms with E-state index >= 15 is 0 Å². The van der Waals surface area contributed by atoms with Crippen LogP contribution < -0.4 is 10.6 Å². The van der Waals surface area contributed by atoms with Crippen molar-refractivity contribution in [2.75, 3.05) is 6.54 Å². The van der Waals surface area contributed by atoms with Crippen LogP contribution in [0.3, 0.4) is 0 Å². The molecule has 0 aliphatic heterocycles. The van der Waals surface area contributed by atoms with E-state index in [0.717, 1.165) is 16.9 Å². The van der Waals surface area contributed by atoms with E-state index in [1.54, 1.807) is 23.4 Å². The van der Waals surface area contributed by atoms with Gasteiger partial charge in [0.05, 0.1) is 18.2 Å². The molecule has 8 nitrogen and oxygen atoms in total. The highest BCUT2D eigenvalue weighted by atomic mass is 16.2. The molecule has 0 saturated heterocycles. The number of aromatic amines is 1. The van der Waals surface area contributed by atoms with Gasteiger partial charge in [-0.15, -0.1) is 0 Å². The van der Waals surface area contributed by atoms with Gasteiger partial charge in [0.1, 0.15) is 6.04 Å². The van der Waals surface area contributed by atoms with Gasteiger partial charge in [-0.2, -0.15) is 5.10 Å². The van der Waals surface area contributed by atoms with E-state index in [9.17, 15) is 9.59 Å². The number of hydrogen-bond acceptors (Lipinski definition) is 4. The molecule has 8 heteroatoms. The number of hydrogen-bond donors (Lipinski definition) is 3. The molecule has 140 valence electrons. The van der Waals surface area contributed by atoms with Crippen LogP contribution in [0.1, 0.15) is 18.2 Å². The fraction of sp³-hybridized carbons (Fsp3) is 0.263. The minimum Gasteiger partial charge on any atom is -0.354 e. The van der Waals surface area contributed by atoms with Crippen LogP contribution in [0.2, 0.25) is 0 Å². The lowest BCUT2D eigenvalue weighted by Crippen LogP contribution is -2.47. The Morgan fingerprint density at radius 3 is 2.74 bits per heavy atom. The Kier molecular flexibility index (Phi) is 5.98. The highest BCUT2D eigenvalue weighted by molar-refractivity contribution is 5.87.